The Balaban J connectivity index is 1.99. The molecule has 0 fully saturated rings. The van der Waals surface area contributed by atoms with Crippen LogP contribution in [0.15, 0.2) is 41.0 Å². The fourth-order valence-electron chi connectivity index (χ4n) is 1.36. The zero-order valence-electron chi connectivity index (χ0n) is 8.65. The molecular formula is C12H12FNO2. The normalized spacial score (nSPS) is 10.4. The molecule has 1 heterocycles. The maximum atomic E-state index is 12.6. The molecular weight excluding hydrogens is 209 g/mol. The van der Waals surface area contributed by atoms with Crippen molar-refractivity contribution in [3.8, 4) is 5.75 Å². The molecule has 0 unspecified atom stereocenters. The molecule has 16 heavy (non-hydrogen) atoms. The zero-order valence-corrected chi connectivity index (χ0v) is 8.65. The lowest BCUT2D eigenvalue weighted by atomic mass is 10.2. The largest absolute Gasteiger partial charge is 0.486 e. The highest BCUT2D eigenvalue weighted by Gasteiger charge is 2.05. The van der Waals surface area contributed by atoms with E-state index in [9.17, 15) is 4.39 Å². The third-order valence-electron chi connectivity index (χ3n) is 2.24. The van der Waals surface area contributed by atoms with Gasteiger partial charge < -0.3 is 14.9 Å². The molecule has 0 aliphatic rings. The number of nitrogens with two attached hydrogens (primary N) is 1. The maximum absolute atomic E-state index is 12.6. The van der Waals surface area contributed by atoms with E-state index in [-0.39, 0.29) is 5.82 Å². The van der Waals surface area contributed by atoms with Crippen LogP contribution in [0.5, 0.6) is 5.75 Å². The maximum Gasteiger partial charge on any atom is 0.146 e. The lowest BCUT2D eigenvalue weighted by Gasteiger charge is -2.05. The van der Waals surface area contributed by atoms with Gasteiger partial charge in [-0.25, -0.2) is 4.39 Å². The van der Waals surface area contributed by atoms with Crippen LogP contribution in [-0.4, -0.2) is 0 Å². The van der Waals surface area contributed by atoms with E-state index in [1.165, 1.54) is 12.1 Å². The topological polar surface area (TPSA) is 48.4 Å². The van der Waals surface area contributed by atoms with Crippen molar-refractivity contribution in [2.24, 2.45) is 5.73 Å². The van der Waals surface area contributed by atoms with E-state index in [1.54, 1.807) is 18.4 Å². The number of hydrogen-bond donors (Lipinski definition) is 1. The summed E-state index contributed by atoms with van der Waals surface area (Å²) in [5.74, 6) is 1.01. The van der Waals surface area contributed by atoms with Crippen molar-refractivity contribution in [3.63, 3.8) is 0 Å². The summed E-state index contributed by atoms with van der Waals surface area (Å²) in [7, 11) is 0. The zero-order chi connectivity index (χ0) is 11.4. The van der Waals surface area contributed by atoms with E-state index in [0.29, 0.717) is 24.7 Å². The molecule has 1 aromatic heterocycles. The fraction of sp³-hybridized carbons (Fsp3) is 0.167. The van der Waals surface area contributed by atoms with E-state index in [4.69, 9.17) is 14.9 Å². The number of benzene rings is 1. The van der Waals surface area contributed by atoms with Gasteiger partial charge in [-0.15, -0.1) is 0 Å². The molecule has 0 saturated carbocycles. The first-order chi connectivity index (χ1) is 7.79. The molecule has 4 heteroatoms. The Morgan fingerprint density at radius 1 is 1.19 bits per heavy atom. The Morgan fingerprint density at radius 2 is 1.94 bits per heavy atom. The highest BCUT2D eigenvalue weighted by atomic mass is 19.1. The van der Waals surface area contributed by atoms with Gasteiger partial charge in [-0.3, -0.25) is 0 Å². The molecule has 0 aliphatic carbocycles. The van der Waals surface area contributed by atoms with Crippen molar-refractivity contribution in [1.29, 1.82) is 0 Å². The molecule has 0 saturated heterocycles. The van der Waals surface area contributed by atoms with Gasteiger partial charge in [0.1, 0.15) is 23.9 Å². The van der Waals surface area contributed by atoms with Crippen molar-refractivity contribution in [2.75, 3.05) is 0 Å². The van der Waals surface area contributed by atoms with Crippen LogP contribution in [0.3, 0.4) is 0 Å². The van der Waals surface area contributed by atoms with Gasteiger partial charge in [-0.2, -0.15) is 0 Å². The summed E-state index contributed by atoms with van der Waals surface area (Å²) in [4.78, 5) is 0. The molecule has 2 aromatic rings. The first kappa shape index (κ1) is 10.7. The van der Waals surface area contributed by atoms with Crippen LogP contribution in [-0.2, 0) is 13.2 Å². The number of ether oxygens (including phenoxy) is 1. The molecule has 0 atom stereocenters. The average molecular weight is 221 g/mol. The predicted molar refractivity (Wildman–Crippen MR) is 57.3 cm³/mol. The van der Waals surface area contributed by atoms with Gasteiger partial charge >= 0.3 is 0 Å². The summed E-state index contributed by atoms with van der Waals surface area (Å²) in [6.07, 6.45) is 1.57. The monoisotopic (exact) mass is 221 g/mol. The summed E-state index contributed by atoms with van der Waals surface area (Å²) < 4.78 is 23.3. The smallest absolute Gasteiger partial charge is 0.146 e. The Labute approximate surface area is 92.6 Å². The van der Waals surface area contributed by atoms with Crippen molar-refractivity contribution in [1.82, 2.24) is 0 Å². The van der Waals surface area contributed by atoms with Gasteiger partial charge in [0.05, 0.1) is 6.26 Å². The molecule has 1 aromatic carbocycles. The van der Waals surface area contributed by atoms with Crippen LogP contribution in [0.25, 0.3) is 0 Å². The van der Waals surface area contributed by atoms with Crippen LogP contribution in [0.2, 0.25) is 0 Å². The number of halogens is 1. The summed E-state index contributed by atoms with van der Waals surface area (Å²) in [5.41, 5.74) is 6.44. The van der Waals surface area contributed by atoms with Gasteiger partial charge in [-0.05, 0) is 30.3 Å². The molecule has 84 valence electrons. The average Bonchev–Trinajstić information content (AvgIpc) is 2.76. The third kappa shape index (κ3) is 2.41. The van der Waals surface area contributed by atoms with E-state index < -0.39 is 0 Å². The highest BCUT2D eigenvalue weighted by molar-refractivity contribution is 5.23. The van der Waals surface area contributed by atoms with Crippen LogP contribution in [0.1, 0.15) is 11.3 Å². The fourth-order valence-corrected chi connectivity index (χ4v) is 1.36. The number of rotatable bonds is 4. The lowest BCUT2D eigenvalue weighted by Crippen LogP contribution is -2.01. The lowest BCUT2D eigenvalue weighted by molar-refractivity contribution is 0.268. The second kappa shape index (κ2) is 4.81. The minimum atomic E-state index is -0.284. The van der Waals surface area contributed by atoms with Gasteiger partial charge in [-0.1, -0.05) is 0 Å². The summed E-state index contributed by atoms with van der Waals surface area (Å²) in [5, 5.41) is 0. The molecule has 3 nitrogen and oxygen atoms in total. The van der Waals surface area contributed by atoms with Gasteiger partial charge in [0.25, 0.3) is 0 Å². The Kier molecular flexibility index (Phi) is 3.22. The second-order valence-electron chi connectivity index (χ2n) is 3.32. The summed E-state index contributed by atoms with van der Waals surface area (Å²) >= 11 is 0. The van der Waals surface area contributed by atoms with Crippen molar-refractivity contribution in [3.05, 3.63) is 53.7 Å². The van der Waals surface area contributed by atoms with Crippen molar-refractivity contribution in [2.45, 2.75) is 13.2 Å². The molecule has 0 amide bonds. The molecule has 2 rings (SSSR count). The molecule has 0 spiro atoms. The Bertz CT molecular complexity index is 450. The second-order valence-corrected chi connectivity index (χ2v) is 3.32. The van der Waals surface area contributed by atoms with E-state index in [2.05, 4.69) is 0 Å². The standard InChI is InChI=1S/C12H12FNO2/c13-10-1-3-11(4-2-10)16-8-12-9(7-14)5-6-15-12/h1-6H,7-8,14H2. The van der Waals surface area contributed by atoms with Crippen LogP contribution >= 0.6 is 0 Å². The Morgan fingerprint density at radius 3 is 2.62 bits per heavy atom. The van der Waals surface area contributed by atoms with Crippen LogP contribution in [0.4, 0.5) is 4.39 Å². The summed E-state index contributed by atoms with van der Waals surface area (Å²) in [6, 6.07) is 7.65. The molecule has 0 aliphatic heterocycles. The first-order valence-corrected chi connectivity index (χ1v) is 4.93. The van der Waals surface area contributed by atoms with Gasteiger partial charge in [0.2, 0.25) is 0 Å². The van der Waals surface area contributed by atoms with Crippen molar-refractivity contribution >= 4 is 0 Å². The van der Waals surface area contributed by atoms with E-state index >= 15 is 0 Å². The predicted octanol–water partition coefficient (Wildman–Crippen LogP) is 2.46. The quantitative estimate of drug-likeness (QED) is 0.862. The van der Waals surface area contributed by atoms with Crippen LogP contribution < -0.4 is 10.5 Å². The van der Waals surface area contributed by atoms with E-state index in [0.717, 1.165) is 5.56 Å². The SMILES string of the molecule is NCc1ccoc1COc1ccc(F)cc1. The summed E-state index contributed by atoms with van der Waals surface area (Å²) in [6.45, 7) is 0.712. The number of furan rings is 1. The van der Waals surface area contributed by atoms with E-state index in [1.807, 2.05) is 6.07 Å². The van der Waals surface area contributed by atoms with Crippen molar-refractivity contribution < 1.29 is 13.5 Å². The minimum absolute atomic E-state index is 0.284. The molecule has 0 radical (unpaired) electrons. The Hall–Kier alpha value is -1.81. The molecule has 0 bridgehead atoms. The van der Waals surface area contributed by atoms with Crippen LogP contribution in [0, 0.1) is 5.82 Å². The number of hydrogen-bond acceptors (Lipinski definition) is 3. The highest BCUT2D eigenvalue weighted by Crippen LogP contribution is 2.16. The first-order valence-electron chi connectivity index (χ1n) is 4.93. The molecule has 2 N–H and O–H groups in total. The minimum Gasteiger partial charge on any atom is -0.486 e. The van der Waals surface area contributed by atoms with Gasteiger partial charge in [0, 0.05) is 12.1 Å². The third-order valence-corrected chi connectivity index (χ3v) is 2.24. The van der Waals surface area contributed by atoms with Gasteiger partial charge in [0.15, 0.2) is 0 Å².